The van der Waals surface area contributed by atoms with Crippen molar-refractivity contribution in [3.8, 4) is 0 Å². The van der Waals surface area contributed by atoms with E-state index in [1.54, 1.807) is 0 Å². The Morgan fingerprint density at radius 3 is 2.35 bits per heavy atom. The molecule has 0 fully saturated rings. The van der Waals surface area contributed by atoms with Crippen molar-refractivity contribution in [1.29, 1.82) is 0 Å². The van der Waals surface area contributed by atoms with Gasteiger partial charge in [-0.1, -0.05) is 17.7 Å². The predicted octanol–water partition coefficient (Wildman–Crippen LogP) is 3.90. The zero-order chi connectivity index (χ0) is 14.7. The van der Waals surface area contributed by atoms with Crippen LogP contribution in [-0.4, -0.2) is 11.7 Å². The molecule has 0 heterocycles. The van der Waals surface area contributed by atoms with Crippen LogP contribution in [0.3, 0.4) is 0 Å². The SMILES string of the molecule is OC(CNc1ccc(F)cc1Cl)c1c(F)cccc1F. The van der Waals surface area contributed by atoms with Crippen LogP contribution in [-0.2, 0) is 0 Å². The monoisotopic (exact) mass is 301 g/mol. The van der Waals surface area contributed by atoms with Crippen LogP contribution in [0.1, 0.15) is 11.7 Å². The van der Waals surface area contributed by atoms with Gasteiger partial charge < -0.3 is 10.4 Å². The molecule has 1 unspecified atom stereocenters. The molecule has 6 heteroatoms. The van der Waals surface area contributed by atoms with E-state index in [0.717, 1.165) is 18.2 Å². The number of anilines is 1. The number of hydrogen-bond acceptors (Lipinski definition) is 2. The van der Waals surface area contributed by atoms with Crippen LogP contribution in [0, 0.1) is 17.5 Å². The Morgan fingerprint density at radius 2 is 1.75 bits per heavy atom. The first-order valence-corrected chi connectivity index (χ1v) is 6.17. The largest absolute Gasteiger partial charge is 0.386 e. The molecule has 2 aromatic rings. The molecular weight excluding hydrogens is 291 g/mol. The fourth-order valence-corrected chi connectivity index (χ4v) is 2.00. The highest BCUT2D eigenvalue weighted by Crippen LogP contribution is 2.25. The lowest BCUT2D eigenvalue weighted by Crippen LogP contribution is -2.15. The molecule has 0 radical (unpaired) electrons. The third-order valence-corrected chi connectivity index (χ3v) is 3.06. The van der Waals surface area contributed by atoms with E-state index >= 15 is 0 Å². The molecule has 0 spiro atoms. The zero-order valence-electron chi connectivity index (χ0n) is 10.2. The number of rotatable bonds is 4. The van der Waals surface area contributed by atoms with Crippen molar-refractivity contribution in [3.05, 3.63) is 64.4 Å². The molecule has 0 aliphatic carbocycles. The van der Waals surface area contributed by atoms with Crippen LogP contribution in [0.4, 0.5) is 18.9 Å². The van der Waals surface area contributed by atoms with Gasteiger partial charge in [0.25, 0.3) is 0 Å². The summed E-state index contributed by atoms with van der Waals surface area (Å²) in [5.41, 5.74) is -0.0536. The standard InChI is InChI=1S/C14H11ClF3NO/c15-9-6-8(16)4-5-12(9)19-7-13(20)14-10(17)2-1-3-11(14)18/h1-6,13,19-20H,7H2. The molecule has 2 N–H and O–H groups in total. The Bertz CT molecular complexity index is 601. The van der Waals surface area contributed by atoms with Crippen molar-refractivity contribution < 1.29 is 18.3 Å². The maximum absolute atomic E-state index is 13.5. The van der Waals surface area contributed by atoms with Gasteiger partial charge in [0.05, 0.1) is 16.3 Å². The van der Waals surface area contributed by atoms with Gasteiger partial charge in [-0.25, -0.2) is 13.2 Å². The molecule has 20 heavy (non-hydrogen) atoms. The maximum atomic E-state index is 13.5. The first kappa shape index (κ1) is 14.7. The fraction of sp³-hybridized carbons (Fsp3) is 0.143. The lowest BCUT2D eigenvalue weighted by Gasteiger charge is -2.15. The van der Waals surface area contributed by atoms with Gasteiger partial charge in [-0.3, -0.25) is 0 Å². The van der Waals surface area contributed by atoms with Gasteiger partial charge >= 0.3 is 0 Å². The summed E-state index contributed by atoms with van der Waals surface area (Å²) in [7, 11) is 0. The fourth-order valence-electron chi connectivity index (χ4n) is 1.77. The van der Waals surface area contributed by atoms with E-state index in [9.17, 15) is 18.3 Å². The summed E-state index contributed by atoms with van der Waals surface area (Å²) in [5.74, 6) is -2.16. The second-order valence-electron chi connectivity index (χ2n) is 4.16. The topological polar surface area (TPSA) is 32.3 Å². The molecule has 0 saturated heterocycles. The van der Waals surface area contributed by atoms with Crippen molar-refractivity contribution in [2.24, 2.45) is 0 Å². The van der Waals surface area contributed by atoms with E-state index < -0.39 is 29.1 Å². The Labute approximate surface area is 118 Å². The van der Waals surface area contributed by atoms with Gasteiger partial charge in [-0.2, -0.15) is 0 Å². The van der Waals surface area contributed by atoms with Crippen molar-refractivity contribution in [3.63, 3.8) is 0 Å². The molecule has 106 valence electrons. The highest BCUT2D eigenvalue weighted by molar-refractivity contribution is 6.33. The molecule has 2 nitrogen and oxygen atoms in total. The van der Waals surface area contributed by atoms with Gasteiger partial charge in [0, 0.05) is 6.54 Å². The highest BCUT2D eigenvalue weighted by Gasteiger charge is 2.17. The molecule has 0 aliphatic rings. The molecular formula is C14H11ClF3NO. The normalized spacial score (nSPS) is 12.2. The summed E-state index contributed by atoms with van der Waals surface area (Å²) in [6.45, 7) is -0.163. The lowest BCUT2D eigenvalue weighted by atomic mass is 10.1. The molecule has 0 aromatic heterocycles. The molecule has 2 aromatic carbocycles. The molecule has 0 bridgehead atoms. The number of nitrogens with one attached hydrogen (secondary N) is 1. The van der Waals surface area contributed by atoms with Crippen LogP contribution < -0.4 is 5.32 Å². The van der Waals surface area contributed by atoms with E-state index in [2.05, 4.69) is 5.32 Å². The Kier molecular flexibility index (Phi) is 4.52. The van der Waals surface area contributed by atoms with E-state index in [4.69, 9.17) is 11.6 Å². The summed E-state index contributed by atoms with van der Waals surface area (Å²) < 4.78 is 39.8. The Hall–Kier alpha value is -1.72. The molecule has 0 saturated carbocycles. The van der Waals surface area contributed by atoms with E-state index in [-0.39, 0.29) is 11.6 Å². The minimum atomic E-state index is -1.39. The first-order chi connectivity index (χ1) is 9.49. The Balaban J connectivity index is 2.11. The first-order valence-electron chi connectivity index (χ1n) is 5.80. The van der Waals surface area contributed by atoms with Crippen LogP contribution >= 0.6 is 11.6 Å². The van der Waals surface area contributed by atoms with Crippen LogP contribution in [0.2, 0.25) is 5.02 Å². The third kappa shape index (κ3) is 3.23. The van der Waals surface area contributed by atoms with Crippen molar-refractivity contribution in [2.45, 2.75) is 6.10 Å². The van der Waals surface area contributed by atoms with E-state index in [1.165, 1.54) is 18.2 Å². The third-order valence-electron chi connectivity index (χ3n) is 2.75. The molecule has 1 atom stereocenters. The van der Waals surface area contributed by atoms with Gasteiger partial charge in [0.15, 0.2) is 0 Å². The summed E-state index contributed by atoms with van der Waals surface area (Å²) in [6, 6.07) is 7.00. The lowest BCUT2D eigenvalue weighted by molar-refractivity contribution is 0.181. The van der Waals surface area contributed by atoms with Gasteiger partial charge in [0.2, 0.25) is 0 Å². The van der Waals surface area contributed by atoms with E-state index in [0.29, 0.717) is 5.69 Å². The van der Waals surface area contributed by atoms with Crippen LogP contribution in [0.5, 0.6) is 0 Å². The zero-order valence-corrected chi connectivity index (χ0v) is 11.0. The number of hydrogen-bond donors (Lipinski definition) is 2. The number of benzene rings is 2. The second-order valence-corrected chi connectivity index (χ2v) is 4.56. The number of aliphatic hydroxyl groups is 1. The van der Waals surface area contributed by atoms with Gasteiger partial charge in [-0.15, -0.1) is 0 Å². The van der Waals surface area contributed by atoms with Crippen molar-refractivity contribution in [1.82, 2.24) is 0 Å². The maximum Gasteiger partial charge on any atom is 0.132 e. The van der Waals surface area contributed by atoms with Crippen molar-refractivity contribution >= 4 is 17.3 Å². The smallest absolute Gasteiger partial charge is 0.132 e. The number of aliphatic hydroxyl groups excluding tert-OH is 1. The van der Waals surface area contributed by atoms with Crippen molar-refractivity contribution in [2.75, 3.05) is 11.9 Å². The Morgan fingerprint density at radius 1 is 1.10 bits per heavy atom. The van der Waals surface area contributed by atoms with Crippen LogP contribution in [0.15, 0.2) is 36.4 Å². The molecule has 0 amide bonds. The molecule has 2 rings (SSSR count). The second kappa shape index (κ2) is 6.15. The van der Waals surface area contributed by atoms with Crippen LogP contribution in [0.25, 0.3) is 0 Å². The average Bonchev–Trinajstić information content (AvgIpc) is 2.37. The summed E-state index contributed by atoms with van der Waals surface area (Å²) >= 11 is 5.79. The van der Waals surface area contributed by atoms with E-state index in [1.807, 2.05) is 0 Å². The minimum absolute atomic E-state index is 0.117. The summed E-state index contributed by atoms with van der Waals surface area (Å²) in [5, 5.41) is 12.7. The highest BCUT2D eigenvalue weighted by atomic mass is 35.5. The van der Waals surface area contributed by atoms with Gasteiger partial charge in [-0.05, 0) is 30.3 Å². The average molecular weight is 302 g/mol. The van der Waals surface area contributed by atoms with Gasteiger partial charge in [0.1, 0.15) is 23.6 Å². The molecule has 0 aliphatic heterocycles. The quantitative estimate of drug-likeness (QED) is 0.897. The minimum Gasteiger partial charge on any atom is -0.386 e. The number of halogens is 4. The summed E-state index contributed by atoms with van der Waals surface area (Å²) in [4.78, 5) is 0. The summed E-state index contributed by atoms with van der Waals surface area (Å²) in [6.07, 6.45) is -1.39. The predicted molar refractivity (Wildman–Crippen MR) is 71.2 cm³/mol.